The molecule has 3 aromatic carbocycles. The first-order chi connectivity index (χ1) is 22.0. The quantitative estimate of drug-likeness (QED) is 0.0561. The minimum absolute atomic E-state index is 0.179. The van der Waals surface area contributed by atoms with Gasteiger partial charge in [-0.3, -0.25) is 29.3 Å². The molecule has 1 heterocycles. The highest BCUT2D eigenvalue weighted by atomic mass is 35.5. The van der Waals surface area contributed by atoms with Crippen LogP contribution in [0, 0.1) is 33.0 Å². The van der Waals surface area contributed by atoms with E-state index < -0.39 is 96.2 Å². The monoisotopic (exact) mass is 752 g/mol. The maximum atomic E-state index is 14.4. The Balaban J connectivity index is 1.84. The number of nitro groups is 2. The summed E-state index contributed by atoms with van der Waals surface area (Å²) in [5.41, 5.74) is -4.50. The van der Waals surface area contributed by atoms with E-state index >= 15 is 0 Å². The van der Waals surface area contributed by atoms with Crippen molar-refractivity contribution in [3.8, 4) is 0 Å². The van der Waals surface area contributed by atoms with Crippen molar-refractivity contribution in [2.75, 3.05) is 16.0 Å². The van der Waals surface area contributed by atoms with Crippen molar-refractivity contribution >= 4 is 88.7 Å². The second-order valence-corrected chi connectivity index (χ2v) is 13.9. The molecule has 48 heavy (non-hydrogen) atoms. The number of hydrogen-bond acceptors (Lipinski definition) is 17. The first-order valence-corrected chi connectivity index (χ1v) is 16.9. The number of nitrogens with zero attached hydrogens (tertiary/aromatic N) is 5. The predicted octanol–water partition coefficient (Wildman–Crippen LogP) is 5.10. The number of hydrogen-bond donors (Lipinski definition) is 8. The minimum atomic E-state index is -5.41. The van der Waals surface area contributed by atoms with Crippen molar-refractivity contribution in [3.05, 3.63) is 79.4 Å². The van der Waals surface area contributed by atoms with E-state index in [1.54, 1.807) is 0 Å². The lowest BCUT2D eigenvalue weighted by atomic mass is 10.2. The van der Waals surface area contributed by atoms with Crippen LogP contribution in [-0.2, 0) is 20.2 Å². The SMILES string of the molecule is Cc1cc(Nc2nc(Cl)nc(Nc3cc(Nc4cc(F)c([N+](=O)[O-])cc4[N+](=O)[O-])c(S(=O)(=O)O)cc3S(=O)(=O)O)n2)ccc1S(O)(O)O. The van der Waals surface area contributed by atoms with Gasteiger partial charge in [0.15, 0.2) is 0 Å². The molecular formula is C22H18ClFN8O13S3. The summed E-state index contributed by atoms with van der Waals surface area (Å²) < 4.78 is 112. The zero-order chi connectivity index (χ0) is 35.9. The van der Waals surface area contributed by atoms with Crippen LogP contribution in [0.2, 0.25) is 5.28 Å². The molecule has 4 rings (SSSR count). The fourth-order valence-electron chi connectivity index (χ4n) is 4.02. The second-order valence-electron chi connectivity index (χ2n) is 9.26. The molecule has 0 fully saturated rings. The average Bonchev–Trinajstić information content (AvgIpc) is 2.90. The molecule has 8 N–H and O–H groups in total. The topological polar surface area (TPSA) is 330 Å². The predicted molar refractivity (Wildman–Crippen MR) is 165 cm³/mol. The van der Waals surface area contributed by atoms with Gasteiger partial charge in [0.25, 0.3) is 25.9 Å². The smallest absolute Gasteiger partial charge is 0.311 e. The summed E-state index contributed by atoms with van der Waals surface area (Å²) in [5, 5.41) is 29.3. The third-order valence-corrected chi connectivity index (χ3v) is 8.95. The molecular weight excluding hydrogens is 735 g/mol. The van der Waals surface area contributed by atoms with Crippen LogP contribution in [0.25, 0.3) is 0 Å². The maximum Gasteiger partial charge on any atom is 0.311 e. The first-order valence-electron chi connectivity index (χ1n) is 12.1. The van der Waals surface area contributed by atoms with Crippen molar-refractivity contribution in [1.29, 1.82) is 0 Å². The molecule has 0 saturated heterocycles. The molecule has 0 aliphatic rings. The van der Waals surface area contributed by atoms with E-state index in [-0.39, 0.29) is 40.3 Å². The van der Waals surface area contributed by atoms with Crippen molar-refractivity contribution < 1.29 is 53.8 Å². The van der Waals surface area contributed by atoms with Crippen LogP contribution in [0.5, 0.6) is 0 Å². The van der Waals surface area contributed by atoms with Gasteiger partial charge >= 0.3 is 5.69 Å². The third kappa shape index (κ3) is 8.16. The Kier molecular flexibility index (Phi) is 9.73. The van der Waals surface area contributed by atoms with Crippen LogP contribution in [0.1, 0.15) is 5.56 Å². The minimum Gasteiger partial charge on any atom is -0.349 e. The number of anilines is 6. The molecule has 26 heteroatoms. The summed E-state index contributed by atoms with van der Waals surface area (Å²) in [4.78, 5) is 29.1. The largest absolute Gasteiger partial charge is 0.349 e. The van der Waals surface area contributed by atoms with E-state index in [4.69, 9.17) is 11.6 Å². The molecule has 0 atom stereocenters. The molecule has 0 amide bonds. The first kappa shape index (κ1) is 36.0. The van der Waals surface area contributed by atoms with Crippen molar-refractivity contribution in [2.24, 2.45) is 0 Å². The summed E-state index contributed by atoms with van der Waals surface area (Å²) >= 11 is 5.97. The third-order valence-electron chi connectivity index (χ3n) is 5.95. The van der Waals surface area contributed by atoms with E-state index in [1.807, 2.05) is 0 Å². The van der Waals surface area contributed by atoms with E-state index in [1.165, 1.54) is 25.1 Å². The number of halogens is 2. The molecule has 0 aliphatic heterocycles. The van der Waals surface area contributed by atoms with E-state index in [9.17, 15) is 64.2 Å². The number of rotatable bonds is 11. The van der Waals surface area contributed by atoms with Crippen LogP contribution in [-0.4, -0.2) is 64.4 Å². The van der Waals surface area contributed by atoms with Crippen LogP contribution in [0.3, 0.4) is 0 Å². The summed E-state index contributed by atoms with van der Waals surface area (Å²) in [5.74, 6) is -2.49. The Bertz CT molecular complexity index is 2220. The van der Waals surface area contributed by atoms with Crippen LogP contribution >= 0.6 is 22.5 Å². The van der Waals surface area contributed by atoms with Crippen LogP contribution < -0.4 is 16.0 Å². The number of benzene rings is 3. The number of aromatic nitrogens is 3. The molecule has 0 spiro atoms. The fourth-order valence-corrected chi connectivity index (χ4v) is 6.30. The van der Waals surface area contributed by atoms with Crippen LogP contribution in [0.15, 0.2) is 57.2 Å². The molecule has 0 unspecified atom stereocenters. The zero-order valence-electron chi connectivity index (χ0n) is 23.3. The van der Waals surface area contributed by atoms with Gasteiger partial charge in [0, 0.05) is 11.8 Å². The Morgan fingerprint density at radius 3 is 1.75 bits per heavy atom. The molecule has 0 saturated carbocycles. The summed E-state index contributed by atoms with van der Waals surface area (Å²) in [6, 6.07) is 5.12. The molecule has 0 radical (unpaired) electrons. The molecule has 21 nitrogen and oxygen atoms in total. The van der Waals surface area contributed by atoms with Gasteiger partial charge in [-0.1, -0.05) is 0 Å². The normalized spacial score (nSPS) is 12.3. The summed E-state index contributed by atoms with van der Waals surface area (Å²) in [6.45, 7) is 1.44. The van der Waals surface area contributed by atoms with Gasteiger partial charge < -0.3 is 29.6 Å². The number of nitrogens with one attached hydrogen (secondary N) is 3. The van der Waals surface area contributed by atoms with Gasteiger partial charge in [0.1, 0.15) is 26.3 Å². The number of nitro benzene ring substituents is 2. The number of aryl methyl sites for hydroxylation is 1. The lowest BCUT2D eigenvalue weighted by Crippen LogP contribution is -2.11. The maximum absolute atomic E-state index is 14.4. The Morgan fingerprint density at radius 1 is 0.708 bits per heavy atom. The van der Waals surface area contributed by atoms with E-state index in [2.05, 4.69) is 30.9 Å². The highest BCUT2D eigenvalue weighted by molar-refractivity contribution is 8.19. The van der Waals surface area contributed by atoms with Gasteiger partial charge in [-0.05, 0) is 54.4 Å². The summed E-state index contributed by atoms with van der Waals surface area (Å²) in [6.07, 6.45) is 0. The lowest BCUT2D eigenvalue weighted by Gasteiger charge is -2.21. The van der Waals surface area contributed by atoms with Crippen LogP contribution in [0.4, 0.5) is 50.4 Å². The van der Waals surface area contributed by atoms with Crippen molar-refractivity contribution in [3.63, 3.8) is 0 Å². The van der Waals surface area contributed by atoms with Gasteiger partial charge in [-0.2, -0.15) is 36.2 Å². The molecule has 256 valence electrons. The van der Waals surface area contributed by atoms with Crippen molar-refractivity contribution in [2.45, 2.75) is 21.6 Å². The average molecular weight is 753 g/mol. The Hall–Kier alpha value is -4.86. The second kappa shape index (κ2) is 13.0. The van der Waals surface area contributed by atoms with E-state index in [0.29, 0.717) is 6.07 Å². The Morgan fingerprint density at radius 2 is 1.25 bits per heavy atom. The van der Waals surface area contributed by atoms with Gasteiger partial charge in [-0.15, -0.1) is 0 Å². The highest BCUT2D eigenvalue weighted by Crippen LogP contribution is 2.46. The standard InChI is InChI=1S/C22H18ClFN8O13S3/c1-9-4-10(2-3-17(9)46(37,38)39)25-21-28-20(23)29-22(30-21)27-14-6-13(18(47(40,41)42)8-19(14)48(43,44)45)26-12-5-11(24)15(31(33)34)7-16(12)32(35)36/h2-8,26,37-39H,1H3,(H,40,41,42)(H,43,44,45)(H2,25,27,28,29,30). The fraction of sp³-hybridized carbons (Fsp3) is 0.0455. The van der Waals surface area contributed by atoms with E-state index in [0.717, 1.165) is 0 Å². The van der Waals surface area contributed by atoms with Gasteiger partial charge in [0.05, 0.1) is 32.2 Å². The van der Waals surface area contributed by atoms with Gasteiger partial charge in [-0.25, -0.2) is 0 Å². The molecule has 1 aromatic heterocycles. The van der Waals surface area contributed by atoms with Gasteiger partial charge in [0.2, 0.25) is 23.0 Å². The Labute approximate surface area is 273 Å². The molecule has 0 aliphatic carbocycles. The molecule has 0 bridgehead atoms. The molecule has 4 aromatic rings. The lowest BCUT2D eigenvalue weighted by molar-refractivity contribution is -0.395. The zero-order valence-corrected chi connectivity index (χ0v) is 26.5. The summed E-state index contributed by atoms with van der Waals surface area (Å²) in [7, 11) is -14.8. The van der Waals surface area contributed by atoms with Crippen molar-refractivity contribution in [1.82, 2.24) is 15.0 Å². The highest BCUT2D eigenvalue weighted by Gasteiger charge is 2.29.